The third-order valence-corrected chi connectivity index (χ3v) is 3.50. The fraction of sp³-hybridized carbons (Fsp3) is 0.357. The third kappa shape index (κ3) is 2.59. The Morgan fingerprint density at radius 2 is 2.19 bits per heavy atom. The van der Waals surface area contributed by atoms with E-state index in [1.54, 1.807) is 24.3 Å². The van der Waals surface area contributed by atoms with E-state index in [9.17, 15) is 14.9 Å². The van der Waals surface area contributed by atoms with Gasteiger partial charge in [0.05, 0.1) is 11.0 Å². The first-order valence-corrected chi connectivity index (χ1v) is 6.72. The molecule has 1 N–H and O–H groups in total. The van der Waals surface area contributed by atoms with E-state index in [1.807, 2.05) is 0 Å². The monoisotopic (exact) mass is 290 g/mol. The van der Waals surface area contributed by atoms with Gasteiger partial charge in [-0.25, -0.2) is 4.79 Å². The van der Waals surface area contributed by atoms with Crippen molar-refractivity contribution in [3.63, 3.8) is 0 Å². The summed E-state index contributed by atoms with van der Waals surface area (Å²) in [4.78, 5) is 22.3. The summed E-state index contributed by atoms with van der Waals surface area (Å²) >= 11 is 0. The molecular formula is C14H14N2O5. The molecule has 2 aromatic rings. The molecule has 0 aliphatic carbocycles. The molecule has 7 nitrogen and oxygen atoms in total. The molecule has 0 bridgehead atoms. The summed E-state index contributed by atoms with van der Waals surface area (Å²) in [5, 5.41) is 14.7. The van der Waals surface area contributed by atoms with Gasteiger partial charge in [0.25, 0.3) is 0 Å². The quantitative estimate of drug-likeness (QED) is 0.527. The number of hydrogen-bond donors (Lipinski definition) is 1. The molecule has 0 amide bonds. The van der Waals surface area contributed by atoms with Crippen molar-refractivity contribution in [1.29, 1.82) is 0 Å². The zero-order valence-electron chi connectivity index (χ0n) is 11.2. The summed E-state index contributed by atoms with van der Waals surface area (Å²) in [6.45, 7) is 1.13. The summed E-state index contributed by atoms with van der Waals surface area (Å²) in [5.41, 5.74) is -0.995. The van der Waals surface area contributed by atoms with Gasteiger partial charge in [0.2, 0.25) is 0 Å². The van der Waals surface area contributed by atoms with Crippen molar-refractivity contribution >= 4 is 22.3 Å². The van der Waals surface area contributed by atoms with Crippen LogP contribution in [0.25, 0.3) is 11.0 Å². The van der Waals surface area contributed by atoms with Crippen LogP contribution in [0.5, 0.6) is 0 Å². The highest BCUT2D eigenvalue weighted by atomic mass is 16.6. The Bertz CT molecular complexity index is 734. The van der Waals surface area contributed by atoms with Gasteiger partial charge in [0.1, 0.15) is 11.3 Å². The molecule has 1 atom stereocenters. The Hall–Kier alpha value is -2.41. The van der Waals surface area contributed by atoms with E-state index in [-0.39, 0.29) is 11.8 Å². The van der Waals surface area contributed by atoms with Gasteiger partial charge in [-0.15, -0.1) is 0 Å². The second-order valence-corrected chi connectivity index (χ2v) is 4.88. The molecule has 3 rings (SSSR count). The molecule has 7 heteroatoms. The SMILES string of the molecule is O=c1oc2ccccc2c(NCC2CCCO2)c1[N+](=O)[O-]. The molecule has 21 heavy (non-hydrogen) atoms. The maximum absolute atomic E-state index is 11.8. The fourth-order valence-electron chi connectivity index (χ4n) is 2.51. The van der Waals surface area contributed by atoms with Crippen molar-refractivity contribution in [3.8, 4) is 0 Å². The average molecular weight is 290 g/mol. The van der Waals surface area contributed by atoms with Crippen LogP contribution in [0.4, 0.5) is 11.4 Å². The predicted molar refractivity (Wildman–Crippen MR) is 76.6 cm³/mol. The second kappa shape index (κ2) is 5.53. The van der Waals surface area contributed by atoms with E-state index >= 15 is 0 Å². The van der Waals surface area contributed by atoms with Gasteiger partial charge in [-0.1, -0.05) is 12.1 Å². The largest absolute Gasteiger partial charge is 0.418 e. The van der Waals surface area contributed by atoms with E-state index in [0.717, 1.165) is 12.8 Å². The van der Waals surface area contributed by atoms with Crippen molar-refractivity contribution < 1.29 is 14.1 Å². The summed E-state index contributed by atoms with van der Waals surface area (Å²) in [6.07, 6.45) is 1.89. The van der Waals surface area contributed by atoms with Gasteiger partial charge < -0.3 is 14.5 Å². The number of anilines is 1. The average Bonchev–Trinajstić information content (AvgIpc) is 2.97. The molecule has 1 aliphatic heterocycles. The topological polar surface area (TPSA) is 94.6 Å². The zero-order chi connectivity index (χ0) is 14.8. The molecule has 1 saturated heterocycles. The molecule has 0 radical (unpaired) electrons. The Morgan fingerprint density at radius 3 is 2.90 bits per heavy atom. The first-order valence-electron chi connectivity index (χ1n) is 6.72. The molecule has 1 aromatic carbocycles. The maximum Gasteiger partial charge on any atom is 0.417 e. The normalized spacial score (nSPS) is 18.0. The number of hydrogen-bond acceptors (Lipinski definition) is 6. The standard InChI is InChI=1S/C14H14N2O5/c17-14-13(16(18)19)12(15-8-9-4-3-7-20-9)10-5-1-2-6-11(10)21-14/h1-2,5-6,9,15H,3-4,7-8H2. The number of ether oxygens (including phenoxy) is 1. The van der Waals surface area contributed by atoms with Crippen LogP contribution in [0.3, 0.4) is 0 Å². The molecule has 110 valence electrons. The molecule has 1 unspecified atom stereocenters. The summed E-state index contributed by atoms with van der Waals surface area (Å²) < 4.78 is 10.5. The fourth-order valence-corrected chi connectivity index (χ4v) is 2.51. The summed E-state index contributed by atoms with van der Waals surface area (Å²) in [6, 6.07) is 6.74. The zero-order valence-corrected chi connectivity index (χ0v) is 11.2. The number of benzene rings is 1. The predicted octanol–water partition coefficient (Wildman–Crippen LogP) is 2.29. The Kier molecular flexibility index (Phi) is 3.57. The summed E-state index contributed by atoms with van der Waals surface area (Å²) in [7, 11) is 0. The smallest absolute Gasteiger partial charge is 0.417 e. The van der Waals surface area contributed by atoms with Crippen molar-refractivity contribution in [2.75, 3.05) is 18.5 Å². The molecular weight excluding hydrogens is 276 g/mol. The number of rotatable bonds is 4. The number of nitro groups is 1. The Morgan fingerprint density at radius 1 is 1.38 bits per heavy atom. The first-order chi connectivity index (χ1) is 10.2. The molecule has 0 saturated carbocycles. The highest BCUT2D eigenvalue weighted by Gasteiger charge is 2.25. The number of para-hydroxylation sites is 1. The number of fused-ring (bicyclic) bond motifs is 1. The highest BCUT2D eigenvalue weighted by Crippen LogP contribution is 2.30. The van der Waals surface area contributed by atoms with Crippen molar-refractivity contribution in [2.24, 2.45) is 0 Å². The molecule has 1 fully saturated rings. The van der Waals surface area contributed by atoms with Gasteiger partial charge >= 0.3 is 11.3 Å². The minimum Gasteiger partial charge on any atom is -0.418 e. The van der Waals surface area contributed by atoms with Crippen LogP contribution < -0.4 is 10.9 Å². The number of nitrogens with zero attached hydrogens (tertiary/aromatic N) is 1. The van der Waals surface area contributed by atoms with Crippen LogP contribution in [0.2, 0.25) is 0 Å². The third-order valence-electron chi connectivity index (χ3n) is 3.50. The maximum atomic E-state index is 11.8. The summed E-state index contributed by atoms with van der Waals surface area (Å²) in [5.74, 6) is 0. The van der Waals surface area contributed by atoms with E-state index < -0.39 is 16.2 Å². The van der Waals surface area contributed by atoms with Crippen LogP contribution in [0, 0.1) is 10.1 Å². The van der Waals surface area contributed by atoms with Crippen molar-refractivity contribution in [1.82, 2.24) is 0 Å². The number of nitrogens with one attached hydrogen (secondary N) is 1. The van der Waals surface area contributed by atoms with E-state index in [4.69, 9.17) is 9.15 Å². The molecule has 2 heterocycles. The van der Waals surface area contributed by atoms with Gasteiger partial charge in [0.15, 0.2) is 0 Å². The van der Waals surface area contributed by atoms with E-state index in [2.05, 4.69) is 5.32 Å². The van der Waals surface area contributed by atoms with Crippen LogP contribution in [0.1, 0.15) is 12.8 Å². The minimum atomic E-state index is -0.950. The van der Waals surface area contributed by atoms with Crippen LogP contribution in [0.15, 0.2) is 33.5 Å². The van der Waals surface area contributed by atoms with Crippen LogP contribution in [-0.2, 0) is 4.74 Å². The van der Waals surface area contributed by atoms with E-state index in [1.165, 1.54) is 0 Å². The Balaban J connectivity index is 2.05. The van der Waals surface area contributed by atoms with E-state index in [0.29, 0.717) is 24.1 Å². The molecule has 0 spiro atoms. The van der Waals surface area contributed by atoms with Gasteiger partial charge in [0, 0.05) is 18.5 Å². The first kappa shape index (κ1) is 13.6. The van der Waals surface area contributed by atoms with Gasteiger partial charge in [-0.2, -0.15) is 0 Å². The molecule has 1 aliphatic rings. The van der Waals surface area contributed by atoms with Crippen LogP contribution in [-0.4, -0.2) is 24.2 Å². The Labute approximate surface area is 119 Å². The lowest BCUT2D eigenvalue weighted by atomic mass is 10.1. The van der Waals surface area contributed by atoms with Crippen LogP contribution >= 0.6 is 0 Å². The lowest BCUT2D eigenvalue weighted by Crippen LogP contribution is -2.20. The van der Waals surface area contributed by atoms with Gasteiger partial charge in [-0.3, -0.25) is 10.1 Å². The lowest BCUT2D eigenvalue weighted by Gasteiger charge is -2.13. The van der Waals surface area contributed by atoms with Gasteiger partial charge in [-0.05, 0) is 25.0 Å². The minimum absolute atomic E-state index is 0.00983. The van der Waals surface area contributed by atoms with Crippen molar-refractivity contribution in [2.45, 2.75) is 18.9 Å². The highest BCUT2D eigenvalue weighted by molar-refractivity contribution is 5.94. The molecule has 1 aromatic heterocycles. The lowest BCUT2D eigenvalue weighted by molar-refractivity contribution is -0.386. The van der Waals surface area contributed by atoms with Crippen molar-refractivity contribution in [3.05, 3.63) is 44.8 Å². The second-order valence-electron chi connectivity index (χ2n) is 4.88.